The van der Waals surface area contributed by atoms with E-state index in [2.05, 4.69) is 10.2 Å². The maximum absolute atomic E-state index is 12.7. The maximum Gasteiger partial charge on any atom is 0.255 e. The number of anilines is 1. The van der Waals surface area contributed by atoms with E-state index in [0.717, 1.165) is 37.2 Å². The van der Waals surface area contributed by atoms with Crippen LogP contribution in [-0.4, -0.2) is 49.4 Å². The predicted octanol–water partition coefficient (Wildman–Crippen LogP) is 3.83. The van der Waals surface area contributed by atoms with Crippen molar-refractivity contribution in [3.05, 3.63) is 64.7 Å². The Morgan fingerprint density at radius 3 is 2.32 bits per heavy atom. The zero-order valence-corrected chi connectivity index (χ0v) is 17.1. The Hall–Kier alpha value is -2.53. The molecule has 2 amide bonds. The second kappa shape index (κ2) is 9.11. The lowest BCUT2D eigenvalue weighted by Crippen LogP contribution is -2.45. The first-order chi connectivity index (χ1) is 13.5. The second-order valence-corrected chi connectivity index (χ2v) is 7.46. The number of halogens is 1. The summed E-state index contributed by atoms with van der Waals surface area (Å²) in [4.78, 5) is 29.1. The Kier molecular flexibility index (Phi) is 6.57. The van der Waals surface area contributed by atoms with Gasteiger partial charge in [-0.05, 0) is 44.0 Å². The molecule has 0 atom stereocenters. The molecule has 0 aromatic heterocycles. The third-order valence-corrected chi connectivity index (χ3v) is 5.57. The topological polar surface area (TPSA) is 52.7 Å². The number of benzene rings is 2. The molecule has 1 N–H and O–H groups in total. The highest BCUT2D eigenvalue weighted by molar-refractivity contribution is 6.33. The smallest absolute Gasteiger partial charge is 0.255 e. The zero-order valence-electron chi connectivity index (χ0n) is 16.3. The number of para-hydroxylation sites is 1. The summed E-state index contributed by atoms with van der Waals surface area (Å²) in [7, 11) is 1.82. The largest absolute Gasteiger partial charge is 0.371 e. The van der Waals surface area contributed by atoms with E-state index < -0.39 is 0 Å². The van der Waals surface area contributed by atoms with Crippen molar-refractivity contribution in [3.63, 3.8) is 0 Å². The monoisotopic (exact) mass is 399 g/mol. The van der Waals surface area contributed by atoms with Crippen LogP contribution in [0.4, 0.5) is 5.69 Å². The van der Waals surface area contributed by atoms with Crippen LogP contribution in [0.1, 0.15) is 40.5 Å². The molecule has 1 fully saturated rings. The third-order valence-electron chi connectivity index (χ3n) is 5.24. The fourth-order valence-corrected chi connectivity index (χ4v) is 3.67. The van der Waals surface area contributed by atoms with E-state index in [4.69, 9.17) is 11.6 Å². The average Bonchev–Trinajstić information content (AvgIpc) is 2.73. The van der Waals surface area contributed by atoms with E-state index in [-0.39, 0.29) is 17.9 Å². The van der Waals surface area contributed by atoms with Crippen molar-refractivity contribution in [2.45, 2.75) is 25.8 Å². The van der Waals surface area contributed by atoms with Crippen LogP contribution < -0.4 is 10.2 Å². The molecule has 2 aromatic carbocycles. The first-order valence-corrected chi connectivity index (χ1v) is 10.0. The number of hydrogen-bond acceptors (Lipinski definition) is 3. The zero-order chi connectivity index (χ0) is 20.1. The van der Waals surface area contributed by atoms with Gasteiger partial charge in [0.2, 0.25) is 0 Å². The number of piperidine rings is 1. The lowest BCUT2D eigenvalue weighted by molar-refractivity contribution is 0.0802. The molecule has 3 rings (SSSR count). The number of carbonyl (C=O) groups is 2. The Balaban J connectivity index is 1.64. The highest BCUT2D eigenvalue weighted by Gasteiger charge is 2.25. The second-order valence-electron chi connectivity index (χ2n) is 7.05. The van der Waals surface area contributed by atoms with Crippen LogP contribution in [0.2, 0.25) is 5.02 Å². The Bertz CT molecular complexity index is 847. The minimum absolute atomic E-state index is 0.0345. The summed E-state index contributed by atoms with van der Waals surface area (Å²) < 4.78 is 0. The number of nitrogens with zero attached hydrogens (tertiary/aromatic N) is 2. The van der Waals surface area contributed by atoms with Gasteiger partial charge >= 0.3 is 0 Å². The maximum atomic E-state index is 12.7. The van der Waals surface area contributed by atoms with Crippen molar-refractivity contribution >= 4 is 29.1 Å². The molecule has 0 radical (unpaired) electrons. The van der Waals surface area contributed by atoms with Gasteiger partial charge in [-0.25, -0.2) is 0 Å². The van der Waals surface area contributed by atoms with Gasteiger partial charge in [0.1, 0.15) is 0 Å². The number of nitrogens with one attached hydrogen (secondary N) is 1. The standard InChI is InChI=1S/C22H26ClN3O2/c1-3-25(2)22(28)18-9-5-7-11-20(18)26-14-12-16(13-15-26)24-21(27)17-8-4-6-10-19(17)23/h4-11,16H,3,12-15H2,1-2H3,(H,24,27). The van der Waals surface area contributed by atoms with Gasteiger partial charge in [-0.15, -0.1) is 0 Å². The lowest BCUT2D eigenvalue weighted by Gasteiger charge is -2.35. The minimum Gasteiger partial charge on any atom is -0.371 e. The first-order valence-electron chi connectivity index (χ1n) is 9.66. The molecule has 6 heteroatoms. The fraction of sp³-hybridized carbons (Fsp3) is 0.364. The van der Waals surface area contributed by atoms with E-state index in [9.17, 15) is 9.59 Å². The van der Waals surface area contributed by atoms with Crippen molar-refractivity contribution in [2.24, 2.45) is 0 Å². The van der Waals surface area contributed by atoms with E-state index in [1.165, 1.54) is 0 Å². The summed E-state index contributed by atoms with van der Waals surface area (Å²) in [6.45, 7) is 4.21. The summed E-state index contributed by atoms with van der Waals surface area (Å²) in [6, 6.07) is 14.9. The van der Waals surface area contributed by atoms with Crippen molar-refractivity contribution in [3.8, 4) is 0 Å². The first kappa shape index (κ1) is 20.2. The van der Waals surface area contributed by atoms with E-state index in [1.807, 2.05) is 50.4 Å². The summed E-state index contributed by atoms with van der Waals surface area (Å²) in [5.41, 5.74) is 2.19. The average molecular weight is 400 g/mol. The predicted molar refractivity (Wildman–Crippen MR) is 113 cm³/mol. The normalized spacial score (nSPS) is 14.6. The molecule has 5 nitrogen and oxygen atoms in total. The molecule has 148 valence electrons. The quantitative estimate of drug-likeness (QED) is 0.831. The molecular weight excluding hydrogens is 374 g/mol. The number of hydrogen-bond donors (Lipinski definition) is 1. The van der Waals surface area contributed by atoms with Gasteiger partial charge in [0.15, 0.2) is 0 Å². The molecule has 0 unspecified atom stereocenters. The van der Waals surface area contributed by atoms with Gasteiger partial charge in [0.05, 0.1) is 16.1 Å². The van der Waals surface area contributed by atoms with Crippen LogP contribution in [0.3, 0.4) is 0 Å². The summed E-state index contributed by atoms with van der Waals surface area (Å²) in [5.74, 6) is -0.101. The highest BCUT2D eigenvalue weighted by atomic mass is 35.5. The Labute approximate surface area is 171 Å². The number of amides is 2. The Morgan fingerprint density at radius 1 is 1.07 bits per heavy atom. The van der Waals surface area contributed by atoms with Gasteiger partial charge in [-0.1, -0.05) is 35.9 Å². The van der Waals surface area contributed by atoms with Gasteiger partial charge in [-0.2, -0.15) is 0 Å². The molecule has 1 saturated heterocycles. The fourth-order valence-electron chi connectivity index (χ4n) is 3.45. The molecule has 0 aliphatic carbocycles. The molecule has 0 spiro atoms. The molecule has 0 bridgehead atoms. The SMILES string of the molecule is CCN(C)C(=O)c1ccccc1N1CCC(NC(=O)c2ccccc2Cl)CC1. The molecule has 1 aliphatic rings. The number of carbonyl (C=O) groups excluding carboxylic acids is 2. The van der Waals surface area contributed by atoms with E-state index >= 15 is 0 Å². The number of rotatable bonds is 5. The Morgan fingerprint density at radius 2 is 1.68 bits per heavy atom. The van der Waals surface area contributed by atoms with Crippen molar-refractivity contribution < 1.29 is 9.59 Å². The van der Waals surface area contributed by atoms with E-state index in [0.29, 0.717) is 17.1 Å². The summed E-state index contributed by atoms with van der Waals surface area (Å²) in [5, 5.41) is 3.55. The van der Waals surface area contributed by atoms with Crippen LogP contribution in [0.5, 0.6) is 0 Å². The van der Waals surface area contributed by atoms with Crippen LogP contribution in [-0.2, 0) is 0 Å². The van der Waals surface area contributed by atoms with Crippen LogP contribution in [0, 0.1) is 0 Å². The molecule has 1 aliphatic heterocycles. The van der Waals surface area contributed by atoms with Gasteiger partial charge < -0.3 is 15.1 Å². The molecule has 0 saturated carbocycles. The van der Waals surface area contributed by atoms with Crippen LogP contribution in [0.15, 0.2) is 48.5 Å². The summed E-state index contributed by atoms with van der Waals surface area (Å²) >= 11 is 6.12. The van der Waals surface area contributed by atoms with Crippen molar-refractivity contribution in [1.82, 2.24) is 10.2 Å². The molecule has 1 heterocycles. The summed E-state index contributed by atoms with van der Waals surface area (Å²) in [6.07, 6.45) is 1.64. The molecular formula is C22H26ClN3O2. The van der Waals surface area contributed by atoms with Crippen LogP contribution >= 0.6 is 11.6 Å². The van der Waals surface area contributed by atoms with Crippen LogP contribution in [0.25, 0.3) is 0 Å². The third kappa shape index (κ3) is 4.47. The molecule has 2 aromatic rings. The highest BCUT2D eigenvalue weighted by Crippen LogP contribution is 2.25. The van der Waals surface area contributed by atoms with Gasteiger partial charge in [-0.3, -0.25) is 9.59 Å². The minimum atomic E-state index is -0.135. The van der Waals surface area contributed by atoms with Crippen molar-refractivity contribution in [2.75, 3.05) is 31.6 Å². The van der Waals surface area contributed by atoms with Crippen molar-refractivity contribution in [1.29, 1.82) is 0 Å². The van der Waals surface area contributed by atoms with Gasteiger partial charge in [0, 0.05) is 38.4 Å². The van der Waals surface area contributed by atoms with Gasteiger partial charge in [0.25, 0.3) is 11.8 Å². The molecule has 28 heavy (non-hydrogen) atoms. The van der Waals surface area contributed by atoms with E-state index in [1.54, 1.807) is 17.0 Å². The lowest BCUT2D eigenvalue weighted by atomic mass is 10.0.